The third kappa shape index (κ3) is 3.45. The van der Waals surface area contributed by atoms with Crippen molar-refractivity contribution in [3.8, 4) is 0 Å². The molecule has 0 saturated heterocycles. The molecule has 0 amide bonds. The second kappa shape index (κ2) is 6.53. The van der Waals surface area contributed by atoms with Crippen LogP contribution in [0.2, 0.25) is 0 Å². The highest BCUT2D eigenvalue weighted by atomic mass is 32.2. The van der Waals surface area contributed by atoms with Crippen LogP contribution in [-0.2, 0) is 10.0 Å². The lowest BCUT2D eigenvalue weighted by Gasteiger charge is -2.20. The summed E-state index contributed by atoms with van der Waals surface area (Å²) in [4.78, 5) is 0.157. The third-order valence-corrected chi connectivity index (χ3v) is 6.34. The molecule has 3 aromatic rings. The van der Waals surface area contributed by atoms with Crippen LogP contribution < -0.4 is 20.6 Å². The Morgan fingerprint density at radius 3 is 2.28 bits per heavy atom. The van der Waals surface area contributed by atoms with Crippen molar-refractivity contribution in [1.29, 1.82) is 0 Å². The zero-order valence-electron chi connectivity index (χ0n) is 16.8. The lowest BCUT2D eigenvalue weighted by Crippen LogP contribution is -2.40. The second-order valence-corrected chi connectivity index (χ2v) is 9.82. The number of hydrogen-bond donors (Lipinski definition) is 2. The maximum atomic E-state index is 12.8. The maximum Gasteiger partial charge on any atom is 0.241 e. The first-order valence-electron chi connectivity index (χ1n) is 9.23. The minimum absolute atomic E-state index is 0.157. The van der Waals surface area contributed by atoms with Crippen molar-refractivity contribution in [2.24, 2.45) is 0 Å². The van der Waals surface area contributed by atoms with Gasteiger partial charge in [0, 0.05) is 26.9 Å². The molecule has 0 fully saturated rings. The van der Waals surface area contributed by atoms with E-state index in [9.17, 15) is 8.42 Å². The Morgan fingerprint density at radius 1 is 1.00 bits per heavy atom. The zero-order valence-corrected chi connectivity index (χ0v) is 17.6. The van der Waals surface area contributed by atoms with Gasteiger partial charge in [-0.25, -0.2) is 17.8 Å². The van der Waals surface area contributed by atoms with Crippen molar-refractivity contribution >= 4 is 22.3 Å². The minimum Gasteiger partial charge on any atom is -0.295 e. The molecule has 0 bridgehead atoms. The number of fused-ring (bicyclic) bond motifs is 2. The van der Waals surface area contributed by atoms with Crippen molar-refractivity contribution in [3.63, 3.8) is 0 Å². The topological polar surface area (TPSA) is 88.9 Å². The van der Waals surface area contributed by atoms with Gasteiger partial charge in [-0.05, 0) is 45.0 Å². The summed E-state index contributed by atoms with van der Waals surface area (Å²) < 4.78 is 30.0. The fourth-order valence-corrected chi connectivity index (χ4v) is 4.81. The summed E-state index contributed by atoms with van der Waals surface area (Å²) in [6.07, 6.45) is 0. The van der Waals surface area contributed by atoms with Crippen LogP contribution in [0.15, 0.2) is 47.4 Å². The van der Waals surface area contributed by atoms with E-state index in [1.165, 1.54) is 0 Å². The standard InChI is InChI=1S/C21H23N5O2S/c1-13-10-11-15(29(27,28)25-21(3,4)5)12-18(13)20-23-22-19-17-9-7-6-8-16(17)14(2)24-26(19)20/h6-12,24-25H,1H2,2-5H3. The van der Waals surface area contributed by atoms with Gasteiger partial charge in [-0.2, -0.15) is 0 Å². The van der Waals surface area contributed by atoms with Crippen molar-refractivity contribution in [3.05, 3.63) is 74.3 Å². The zero-order chi connectivity index (χ0) is 21.0. The van der Waals surface area contributed by atoms with Gasteiger partial charge in [-0.3, -0.25) is 5.43 Å². The van der Waals surface area contributed by atoms with Gasteiger partial charge in [0.15, 0.2) is 11.0 Å². The molecule has 29 heavy (non-hydrogen) atoms. The molecule has 7 nitrogen and oxygen atoms in total. The maximum absolute atomic E-state index is 12.8. The van der Waals surface area contributed by atoms with Gasteiger partial charge in [0.1, 0.15) is 0 Å². The number of benzene rings is 2. The molecule has 0 radical (unpaired) electrons. The van der Waals surface area contributed by atoms with Crippen molar-refractivity contribution < 1.29 is 8.42 Å². The van der Waals surface area contributed by atoms with E-state index in [1.54, 1.807) is 43.6 Å². The first-order chi connectivity index (χ1) is 13.6. The lowest BCUT2D eigenvalue weighted by atomic mass is 10.1. The van der Waals surface area contributed by atoms with Crippen LogP contribution in [0.4, 0.5) is 0 Å². The number of nitrogens with zero attached hydrogens (tertiary/aromatic N) is 3. The molecule has 0 spiro atoms. The predicted molar refractivity (Wildman–Crippen MR) is 112 cm³/mol. The molecular weight excluding hydrogens is 386 g/mol. The Morgan fingerprint density at radius 2 is 1.62 bits per heavy atom. The molecule has 2 N–H and O–H groups in total. The Bertz CT molecular complexity index is 1530. The summed E-state index contributed by atoms with van der Waals surface area (Å²) in [5.74, 6) is 0. The number of aromatic nitrogens is 3. The van der Waals surface area contributed by atoms with E-state index in [0.29, 0.717) is 21.4 Å². The highest BCUT2D eigenvalue weighted by Gasteiger charge is 2.22. The van der Waals surface area contributed by atoms with E-state index in [0.717, 1.165) is 16.1 Å². The molecule has 1 aliphatic rings. The fourth-order valence-electron chi connectivity index (χ4n) is 3.36. The smallest absolute Gasteiger partial charge is 0.241 e. The summed E-state index contributed by atoms with van der Waals surface area (Å²) >= 11 is 0. The summed E-state index contributed by atoms with van der Waals surface area (Å²) in [5, 5.41) is 12.0. The van der Waals surface area contributed by atoms with Gasteiger partial charge in [0.2, 0.25) is 10.0 Å². The number of sulfonamides is 1. The van der Waals surface area contributed by atoms with E-state index >= 15 is 0 Å². The summed E-state index contributed by atoms with van der Waals surface area (Å²) in [6, 6.07) is 12.8. The molecule has 0 atom stereocenters. The van der Waals surface area contributed by atoms with Gasteiger partial charge >= 0.3 is 0 Å². The van der Waals surface area contributed by atoms with Crippen LogP contribution in [0.25, 0.3) is 12.3 Å². The molecule has 0 saturated carbocycles. The highest BCUT2D eigenvalue weighted by Crippen LogP contribution is 2.12. The quantitative estimate of drug-likeness (QED) is 0.660. The summed E-state index contributed by atoms with van der Waals surface area (Å²) in [6.45, 7) is 11.4. The molecule has 2 aromatic carbocycles. The van der Waals surface area contributed by atoms with Crippen molar-refractivity contribution in [2.75, 3.05) is 5.43 Å². The van der Waals surface area contributed by atoms with Crippen LogP contribution in [0.3, 0.4) is 0 Å². The average molecular weight is 410 g/mol. The molecule has 2 heterocycles. The van der Waals surface area contributed by atoms with Crippen LogP contribution in [-0.4, -0.2) is 28.8 Å². The van der Waals surface area contributed by atoms with Gasteiger partial charge in [-0.15, -0.1) is 10.2 Å². The van der Waals surface area contributed by atoms with Gasteiger partial charge in [0.25, 0.3) is 0 Å². The average Bonchev–Trinajstić information content (AvgIpc) is 3.04. The number of nitrogens with one attached hydrogen (secondary N) is 2. The van der Waals surface area contributed by atoms with Gasteiger partial charge in [0.05, 0.1) is 4.90 Å². The molecular formula is C21H23N5O2S. The second-order valence-electron chi connectivity index (χ2n) is 8.14. The van der Waals surface area contributed by atoms with Crippen LogP contribution >= 0.6 is 0 Å². The molecule has 8 heteroatoms. The number of hydrogen-bond acceptors (Lipinski definition) is 5. The lowest BCUT2D eigenvalue weighted by molar-refractivity contribution is 0.491. The Labute approximate surface area is 168 Å². The highest BCUT2D eigenvalue weighted by molar-refractivity contribution is 7.89. The van der Waals surface area contributed by atoms with Crippen LogP contribution in [0, 0.1) is 21.4 Å². The van der Waals surface area contributed by atoms with E-state index in [1.807, 2.05) is 31.2 Å². The first-order valence-corrected chi connectivity index (χ1v) is 10.7. The van der Waals surface area contributed by atoms with Crippen LogP contribution in [0.1, 0.15) is 27.7 Å². The molecule has 0 unspecified atom stereocenters. The summed E-state index contributed by atoms with van der Waals surface area (Å²) in [5.41, 5.74) is 4.84. The van der Waals surface area contributed by atoms with E-state index in [2.05, 4.69) is 26.9 Å². The van der Waals surface area contributed by atoms with Gasteiger partial charge < -0.3 is 0 Å². The monoisotopic (exact) mass is 409 g/mol. The van der Waals surface area contributed by atoms with Crippen molar-refractivity contribution in [2.45, 2.75) is 38.1 Å². The SMILES string of the molecule is C=c1ccc(S(=O)(=O)NC(C)(C)C)cc1=c1nnc2n1NC(C)=c1ccccc1=2. The normalized spacial score (nSPS) is 14.8. The summed E-state index contributed by atoms with van der Waals surface area (Å²) in [7, 11) is -3.69. The van der Waals surface area contributed by atoms with E-state index in [-0.39, 0.29) is 4.90 Å². The Hall–Kier alpha value is -2.97. The first kappa shape index (κ1) is 19.4. The molecule has 150 valence electrons. The molecule has 1 aromatic heterocycles. The molecule has 4 rings (SSSR count). The van der Waals surface area contributed by atoms with Gasteiger partial charge in [-0.1, -0.05) is 36.9 Å². The third-order valence-electron chi connectivity index (χ3n) is 4.59. The number of rotatable bonds is 2. The van der Waals surface area contributed by atoms with E-state index in [4.69, 9.17) is 0 Å². The van der Waals surface area contributed by atoms with Crippen molar-refractivity contribution in [1.82, 2.24) is 19.6 Å². The van der Waals surface area contributed by atoms with E-state index < -0.39 is 15.6 Å². The molecule has 1 aliphatic heterocycles. The predicted octanol–water partition coefficient (Wildman–Crippen LogP) is 1.02. The Balaban J connectivity index is 2.08. The Kier molecular flexibility index (Phi) is 4.36. The molecule has 0 aliphatic carbocycles. The fraction of sp³-hybridized carbons (Fsp3) is 0.238. The van der Waals surface area contributed by atoms with Crippen LogP contribution in [0.5, 0.6) is 0 Å². The largest absolute Gasteiger partial charge is 0.295 e. The minimum atomic E-state index is -3.69.